The van der Waals surface area contributed by atoms with Crippen LogP contribution in [0.2, 0.25) is 0 Å². The molecule has 58 heavy (non-hydrogen) atoms. The van der Waals surface area contributed by atoms with Crippen molar-refractivity contribution in [1.29, 1.82) is 0 Å². The number of fused-ring (bicyclic) bond motifs is 16. The number of furan rings is 1. The minimum absolute atomic E-state index is 0.558. The summed E-state index contributed by atoms with van der Waals surface area (Å²) >= 11 is 0. The smallest absolute Gasteiger partial charge is 0.238 e. The molecule has 14 rings (SSSR count). The highest BCUT2D eigenvalue weighted by Crippen LogP contribution is 2.47. The molecular formula is C52H29N5O. The Labute approximate surface area is 329 Å². The first-order valence-electron chi connectivity index (χ1n) is 19.7. The topological polar surface area (TPSA) is 53.2 Å². The van der Waals surface area contributed by atoms with Crippen molar-refractivity contribution in [3.05, 3.63) is 176 Å². The van der Waals surface area contributed by atoms with Crippen molar-refractivity contribution in [3.8, 4) is 22.9 Å². The first-order chi connectivity index (χ1) is 28.8. The minimum atomic E-state index is 0.558. The Morgan fingerprint density at radius 2 is 0.948 bits per heavy atom. The Morgan fingerprint density at radius 1 is 0.379 bits per heavy atom. The van der Waals surface area contributed by atoms with Crippen molar-refractivity contribution < 1.29 is 4.42 Å². The SMILES string of the molecule is c1ccc(-n2c3ccccc3c3ccc(-c4nc(-n5c6ccccc6c6cc7c8ccccc8n8c9ccccc9c(c65)c78)nc5oc6ccccc6c45)cc32)cc1. The first kappa shape index (κ1) is 30.3. The first-order valence-corrected chi connectivity index (χ1v) is 19.7. The number of nitrogens with zero attached hydrogens (tertiary/aromatic N) is 5. The van der Waals surface area contributed by atoms with Crippen LogP contribution in [0, 0.1) is 0 Å². The predicted molar refractivity (Wildman–Crippen MR) is 238 cm³/mol. The van der Waals surface area contributed by atoms with Crippen molar-refractivity contribution >= 4 is 104 Å². The summed E-state index contributed by atoms with van der Waals surface area (Å²) in [5, 5.41) is 11.5. The number of rotatable bonds is 3. The number of hydrogen-bond donors (Lipinski definition) is 0. The van der Waals surface area contributed by atoms with Crippen LogP contribution in [0.5, 0.6) is 0 Å². The van der Waals surface area contributed by atoms with Crippen LogP contribution in [-0.2, 0) is 0 Å². The lowest BCUT2D eigenvalue weighted by molar-refractivity contribution is 0.651. The average molecular weight is 740 g/mol. The van der Waals surface area contributed by atoms with Crippen LogP contribution < -0.4 is 0 Å². The van der Waals surface area contributed by atoms with E-state index in [9.17, 15) is 0 Å². The normalized spacial score (nSPS) is 12.5. The largest absolute Gasteiger partial charge is 0.437 e. The van der Waals surface area contributed by atoms with Crippen LogP contribution >= 0.6 is 0 Å². The zero-order valence-electron chi connectivity index (χ0n) is 30.9. The molecule has 6 nitrogen and oxygen atoms in total. The maximum absolute atomic E-state index is 6.67. The fourth-order valence-electron chi connectivity index (χ4n) is 10.1. The van der Waals surface area contributed by atoms with Crippen molar-refractivity contribution in [3.63, 3.8) is 0 Å². The molecule has 0 atom stereocenters. The lowest BCUT2D eigenvalue weighted by atomic mass is 10.0. The molecule has 6 aromatic heterocycles. The molecule has 0 spiro atoms. The molecule has 0 bridgehead atoms. The summed E-state index contributed by atoms with van der Waals surface area (Å²) in [6, 6.07) is 62.8. The van der Waals surface area contributed by atoms with Gasteiger partial charge in [0, 0.05) is 59.7 Å². The molecule has 14 aromatic rings. The zero-order valence-corrected chi connectivity index (χ0v) is 30.9. The summed E-state index contributed by atoms with van der Waals surface area (Å²) in [4.78, 5) is 11.0. The van der Waals surface area contributed by atoms with Gasteiger partial charge in [-0.2, -0.15) is 4.98 Å². The summed E-state index contributed by atoms with van der Waals surface area (Å²) in [7, 11) is 0. The van der Waals surface area contributed by atoms with Gasteiger partial charge in [-0.3, -0.25) is 4.57 Å². The summed E-state index contributed by atoms with van der Waals surface area (Å²) in [5.41, 5.74) is 12.3. The van der Waals surface area contributed by atoms with E-state index in [4.69, 9.17) is 14.4 Å². The molecule has 0 saturated carbocycles. The van der Waals surface area contributed by atoms with E-state index in [2.05, 4.69) is 177 Å². The van der Waals surface area contributed by atoms with Crippen molar-refractivity contribution in [1.82, 2.24) is 23.5 Å². The fourth-order valence-corrected chi connectivity index (χ4v) is 10.1. The molecule has 0 N–H and O–H groups in total. The maximum Gasteiger partial charge on any atom is 0.238 e. The molecule has 8 aromatic carbocycles. The Morgan fingerprint density at radius 3 is 1.72 bits per heavy atom. The molecule has 268 valence electrons. The number of hydrogen-bond acceptors (Lipinski definition) is 3. The molecule has 0 fully saturated rings. The molecule has 0 aliphatic heterocycles. The Bertz CT molecular complexity index is 4030. The molecule has 0 amide bonds. The lowest BCUT2D eigenvalue weighted by Gasteiger charge is -2.12. The van der Waals surface area contributed by atoms with Gasteiger partial charge in [0.25, 0.3) is 0 Å². The van der Waals surface area contributed by atoms with E-state index in [0.717, 1.165) is 60.8 Å². The highest BCUT2D eigenvalue weighted by atomic mass is 16.3. The van der Waals surface area contributed by atoms with E-state index >= 15 is 0 Å². The third-order valence-corrected chi connectivity index (χ3v) is 12.4. The monoisotopic (exact) mass is 739 g/mol. The van der Waals surface area contributed by atoms with Crippen LogP contribution in [0.3, 0.4) is 0 Å². The van der Waals surface area contributed by atoms with E-state index in [1.807, 2.05) is 12.1 Å². The summed E-state index contributed by atoms with van der Waals surface area (Å²) in [5.74, 6) is 0.569. The third-order valence-electron chi connectivity index (χ3n) is 12.4. The second-order valence-corrected chi connectivity index (χ2v) is 15.3. The standard InChI is InChI=1S/C52H29N5O/c1-2-14-31(15-3-1)55-40-21-9-4-16-32(40)35-27-26-30(28-44(35)55)48-46-37-20-8-13-25-45(37)58-51(46)54-52(53-48)57-42-23-11-6-18-34(42)39-29-38-33-17-5-10-22-41(33)56-43-24-12-7-19-36(43)47(49(38)56)50(39)57/h1-29H. The van der Waals surface area contributed by atoms with Crippen LogP contribution in [0.4, 0.5) is 0 Å². The van der Waals surface area contributed by atoms with Crippen LogP contribution in [-0.4, -0.2) is 23.5 Å². The van der Waals surface area contributed by atoms with Crippen molar-refractivity contribution in [2.75, 3.05) is 0 Å². The highest BCUT2D eigenvalue weighted by Gasteiger charge is 2.27. The second-order valence-electron chi connectivity index (χ2n) is 15.3. The van der Waals surface area contributed by atoms with Gasteiger partial charge in [0.05, 0.1) is 49.7 Å². The predicted octanol–water partition coefficient (Wildman–Crippen LogP) is 13.4. The number of benzene rings is 8. The van der Waals surface area contributed by atoms with Gasteiger partial charge in [0.1, 0.15) is 5.58 Å². The third kappa shape index (κ3) is 3.76. The van der Waals surface area contributed by atoms with Gasteiger partial charge < -0.3 is 13.4 Å². The van der Waals surface area contributed by atoms with Crippen LogP contribution in [0.15, 0.2) is 180 Å². The zero-order chi connectivity index (χ0) is 37.6. The second kappa shape index (κ2) is 10.9. The maximum atomic E-state index is 6.67. The Kier molecular flexibility index (Phi) is 5.68. The van der Waals surface area contributed by atoms with Gasteiger partial charge in [-0.05, 0) is 54.6 Å². The van der Waals surface area contributed by atoms with Gasteiger partial charge in [0.2, 0.25) is 11.7 Å². The highest BCUT2D eigenvalue weighted by molar-refractivity contribution is 6.34. The van der Waals surface area contributed by atoms with E-state index in [0.29, 0.717) is 11.7 Å². The molecule has 0 saturated heterocycles. The van der Waals surface area contributed by atoms with E-state index in [1.54, 1.807) is 0 Å². The lowest BCUT2D eigenvalue weighted by Crippen LogP contribution is -2.03. The Hall–Kier alpha value is -7.96. The van der Waals surface area contributed by atoms with E-state index in [1.165, 1.54) is 54.3 Å². The summed E-state index contributed by atoms with van der Waals surface area (Å²) in [6.07, 6.45) is 0. The summed E-state index contributed by atoms with van der Waals surface area (Å²) in [6.45, 7) is 0. The molecular weight excluding hydrogens is 711 g/mol. The fraction of sp³-hybridized carbons (Fsp3) is 0. The molecule has 6 heteroatoms. The Balaban J connectivity index is 1.15. The average Bonchev–Trinajstić information content (AvgIpc) is 4.08. The number of aromatic nitrogens is 5. The van der Waals surface area contributed by atoms with Gasteiger partial charge >= 0.3 is 0 Å². The van der Waals surface area contributed by atoms with Gasteiger partial charge in [-0.15, -0.1) is 0 Å². The minimum Gasteiger partial charge on any atom is -0.437 e. The van der Waals surface area contributed by atoms with Crippen LogP contribution in [0.25, 0.3) is 127 Å². The molecule has 6 heterocycles. The summed E-state index contributed by atoms with van der Waals surface area (Å²) < 4.78 is 13.7. The quantitative estimate of drug-likeness (QED) is 0.181. The van der Waals surface area contributed by atoms with Crippen molar-refractivity contribution in [2.24, 2.45) is 0 Å². The van der Waals surface area contributed by atoms with E-state index in [-0.39, 0.29) is 0 Å². The molecule has 0 aliphatic rings. The number of para-hydroxylation sites is 6. The van der Waals surface area contributed by atoms with Gasteiger partial charge in [0.15, 0.2) is 0 Å². The van der Waals surface area contributed by atoms with Gasteiger partial charge in [-0.1, -0.05) is 121 Å². The van der Waals surface area contributed by atoms with E-state index < -0.39 is 0 Å². The van der Waals surface area contributed by atoms with Crippen molar-refractivity contribution in [2.45, 2.75) is 0 Å². The van der Waals surface area contributed by atoms with Crippen LogP contribution in [0.1, 0.15) is 0 Å². The van der Waals surface area contributed by atoms with Gasteiger partial charge in [-0.25, -0.2) is 4.98 Å². The molecule has 0 aliphatic carbocycles. The molecule has 0 radical (unpaired) electrons. The molecule has 0 unspecified atom stereocenters.